The fourth-order valence-electron chi connectivity index (χ4n) is 3.06. The van der Waals surface area contributed by atoms with Crippen LogP contribution in [0.3, 0.4) is 0 Å². The number of primary amides is 1. The average Bonchev–Trinajstić information content (AvgIpc) is 3.19. The van der Waals surface area contributed by atoms with E-state index in [4.69, 9.17) is 5.73 Å². The van der Waals surface area contributed by atoms with Crippen molar-refractivity contribution in [1.29, 1.82) is 0 Å². The van der Waals surface area contributed by atoms with Gasteiger partial charge in [0.2, 0.25) is 11.8 Å². The summed E-state index contributed by atoms with van der Waals surface area (Å²) in [5, 5.41) is 7.12. The Bertz CT molecular complexity index is 929. The number of rotatable bonds is 7. The van der Waals surface area contributed by atoms with Gasteiger partial charge in [0.25, 0.3) is 5.91 Å². The highest BCUT2D eigenvalue weighted by Gasteiger charge is 2.51. The molecule has 9 nitrogen and oxygen atoms in total. The Labute approximate surface area is 164 Å². The molecule has 5 amide bonds. The van der Waals surface area contributed by atoms with Crippen molar-refractivity contribution in [2.45, 2.75) is 25.3 Å². The summed E-state index contributed by atoms with van der Waals surface area (Å²) in [6, 6.07) is 8.29. The summed E-state index contributed by atoms with van der Waals surface area (Å²) in [6.07, 6.45) is 0.318. The van der Waals surface area contributed by atoms with E-state index in [9.17, 15) is 19.2 Å². The number of imide groups is 1. The van der Waals surface area contributed by atoms with E-state index >= 15 is 0 Å². The van der Waals surface area contributed by atoms with Gasteiger partial charge in [-0.2, -0.15) is 0 Å². The number of carbonyl (C=O) groups is 4. The Morgan fingerprint density at radius 2 is 2.00 bits per heavy atom. The number of nitrogens with zero attached hydrogens (tertiary/aromatic N) is 2. The molecule has 1 aromatic carbocycles. The molecule has 1 atom stereocenters. The molecule has 0 bridgehead atoms. The van der Waals surface area contributed by atoms with Crippen LogP contribution < -0.4 is 16.4 Å². The van der Waals surface area contributed by atoms with Crippen LogP contribution in [-0.4, -0.2) is 40.2 Å². The number of aromatic nitrogens is 1. The highest BCUT2D eigenvalue weighted by atomic mass is 32.1. The van der Waals surface area contributed by atoms with Crippen LogP contribution in [0, 0.1) is 0 Å². The van der Waals surface area contributed by atoms with E-state index in [1.165, 1.54) is 0 Å². The SMILES string of the molecule is CCC1(c2ccccc2)NC(=O)N(CC(=O)Nc2nc(CC(N)=O)cs2)C1=O. The Morgan fingerprint density at radius 1 is 1.29 bits per heavy atom. The second-order valence-corrected chi connectivity index (χ2v) is 7.14. The first kappa shape index (κ1) is 19.5. The first-order valence-electron chi connectivity index (χ1n) is 8.58. The molecule has 4 N–H and O–H groups in total. The molecular formula is C18H19N5O4S. The monoisotopic (exact) mass is 401 g/mol. The van der Waals surface area contributed by atoms with Gasteiger partial charge >= 0.3 is 6.03 Å². The van der Waals surface area contributed by atoms with E-state index in [0.29, 0.717) is 17.7 Å². The summed E-state index contributed by atoms with van der Waals surface area (Å²) in [4.78, 5) is 53.6. The van der Waals surface area contributed by atoms with E-state index < -0.39 is 35.8 Å². The van der Waals surface area contributed by atoms with Gasteiger partial charge < -0.3 is 16.4 Å². The van der Waals surface area contributed by atoms with Crippen molar-refractivity contribution >= 4 is 40.2 Å². The van der Waals surface area contributed by atoms with Crippen molar-refractivity contribution < 1.29 is 19.2 Å². The van der Waals surface area contributed by atoms with E-state index in [-0.39, 0.29) is 11.6 Å². The minimum absolute atomic E-state index is 0.0323. The number of nitrogens with two attached hydrogens (primary N) is 1. The fraction of sp³-hybridized carbons (Fsp3) is 0.278. The Hall–Kier alpha value is -3.27. The van der Waals surface area contributed by atoms with Crippen LogP contribution in [-0.2, 0) is 26.3 Å². The molecule has 1 aliphatic heterocycles. The second kappa shape index (κ2) is 7.77. The predicted molar refractivity (Wildman–Crippen MR) is 102 cm³/mol. The van der Waals surface area contributed by atoms with Crippen LogP contribution in [0.25, 0.3) is 0 Å². The van der Waals surface area contributed by atoms with Crippen molar-refractivity contribution in [1.82, 2.24) is 15.2 Å². The quantitative estimate of drug-likeness (QED) is 0.594. The number of hydrogen-bond acceptors (Lipinski definition) is 6. The predicted octanol–water partition coefficient (Wildman–Crippen LogP) is 0.967. The maximum absolute atomic E-state index is 13.0. The molecule has 3 rings (SSSR count). The van der Waals surface area contributed by atoms with Crippen molar-refractivity contribution in [2.24, 2.45) is 5.73 Å². The number of hydrogen-bond donors (Lipinski definition) is 3. The van der Waals surface area contributed by atoms with E-state index in [1.54, 1.807) is 36.6 Å². The van der Waals surface area contributed by atoms with E-state index in [1.807, 2.05) is 6.07 Å². The molecule has 0 saturated carbocycles. The molecule has 146 valence electrons. The Morgan fingerprint density at radius 3 is 2.64 bits per heavy atom. The molecular weight excluding hydrogens is 382 g/mol. The smallest absolute Gasteiger partial charge is 0.325 e. The van der Waals surface area contributed by atoms with Crippen molar-refractivity contribution in [3.8, 4) is 0 Å². The van der Waals surface area contributed by atoms with Gasteiger partial charge in [0, 0.05) is 5.38 Å². The van der Waals surface area contributed by atoms with Gasteiger partial charge in [-0.3, -0.25) is 19.3 Å². The molecule has 0 spiro atoms. The van der Waals surface area contributed by atoms with Gasteiger partial charge in [-0.1, -0.05) is 37.3 Å². The van der Waals surface area contributed by atoms with Crippen LogP contribution in [0.5, 0.6) is 0 Å². The molecule has 2 aromatic rings. The van der Waals surface area contributed by atoms with Gasteiger partial charge in [0.15, 0.2) is 5.13 Å². The highest BCUT2D eigenvalue weighted by molar-refractivity contribution is 7.13. The molecule has 1 aliphatic rings. The van der Waals surface area contributed by atoms with Crippen LogP contribution in [0.2, 0.25) is 0 Å². The first-order chi connectivity index (χ1) is 13.4. The number of urea groups is 1. The van der Waals surface area contributed by atoms with Crippen molar-refractivity contribution in [3.63, 3.8) is 0 Å². The molecule has 0 radical (unpaired) electrons. The number of carbonyl (C=O) groups excluding carboxylic acids is 4. The van der Waals surface area contributed by atoms with Crippen LogP contribution in [0.4, 0.5) is 9.93 Å². The van der Waals surface area contributed by atoms with Gasteiger partial charge in [0.1, 0.15) is 12.1 Å². The Kier molecular flexibility index (Phi) is 5.41. The third-order valence-electron chi connectivity index (χ3n) is 4.43. The number of nitrogens with one attached hydrogen (secondary N) is 2. The lowest BCUT2D eigenvalue weighted by atomic mass is 9.87. The molecule has 1 saturated heterocycles. The molecule has 1 aromatic heterocycles. The lowest BCUT2D eigenvalue weighted by Gasteiger charge is -2.25. The number of anilines is 1. The third kappa shape index (κ3) is 3.72. The molecule has 1 fully saturated rings. The lowest BCUT2D eigenvalue weighted by molar-refractivity contribution is -0.134. The number of thiazole rings is 1. The van der Waals surface area contributed by atoms with Crippen molar-refractivity contribution in [3.05, 3.63) is 47.0 Å². The Balaban J connectivity index is 1.71. The average molecular weight is 401 g/mol. The standard InChI is InChI=1S/C18H19N5O4S/c1-2-18(11-6-4-3-5-7-11)15(26)23(17(27)22-18)9-14(25)21-16-20-12(10-28-16)8-13(19)24/h3-7,10H,2,8-9H2,1H3,(H2,19,24)(H,22,27)(H,20,21,25). The maximum atomic E-state index is 13.0. The number of amides is 5. The molecule has 2 heterocycles. The van der Waals surface area contributed by atoms with Gasteiger partial charge in [-0.15, -0.1) is 11.3 Å². The molecule has 1 unspecified atom stereocenters. The minimum Gasteiger partial charge on any atom is -0.369 e. The summed E-state index contributed by atoms with van der Waals surface area (Å²) in [5.74, 6) is -1.57. The largest absolute Gasteiger partial charge is 0.369 e. The summed E-state index contributed by atoms with van der Waals surface area (Å²) in [6.45, 7) is 1.36. The van der Waals surface area contributed by atoms with Crippen LogP contribution >= 0.6 is 11.3 Å². The molecule has 0 aliphatic carbocycles. The zero-order chi connectivity index (χ0) is 20.3. The minimum atomic E-state index is -1.19. The lowest BCUT2D eigenvalue weighted by Crippen LogP contribution is -2.44. The van der Waals surface area contributed by atoms with E-state index in [0.717, 1.165) is 16.2 Å². The maximum Gasteiger partial charge on any atom is 0.325 e. The topological polar surface area (TPSA) is 134 Å². The number of benzene rings is 1. The van der Waals surface area contributed by atoms with Crippen LogP contribution in [0.1, 0.15) is 24.6 Å². The van der Waals surface area contributed by atoms with Crippen LogP contribution in [0.15, 0.2) is 35.7 Å². The fourth-order valence-corrected chi connectivity index (χ4v) is 3.78. The van der Waals surface area contributed by atoms with E-state index in [2.05, 4.69) is 15.6 Å². The summed E-state index contributed by atoms with van der Waals surface area (Å²) < 4.78 is 0. The summed E-state index contributed by atoms with van der Waals surface area (Å²) in [7, 11) is 0. The second-order valence-electron chi connectivity index (χ2n) is 6.28. The van der Waals surface area contributed by atoms with Gasteiger partial charge in [-0.05, 0) is 12.0 Å². The molecule has 10 heteroatoms. The highest BCUT2D eigenvalue weighted by Crippen LogP contribution is 2.32. The zero-order valence-corrected chi connectivity index (χ0v) is 15.9. The van der Waals surface area contributed by atoms with Gasteiger partial charge in [-0.25, -0.2) is 9.78 Å². The first-order valence-corrected chi connectivity index (χ1v) is 9.46. The zero-order valence-electron chi connectivity index (χ0n) is 15.1. The third-order valence-corrected chi connectivity index (χ3v) is 5.23. The summed E-state index contributed by atoms with van der Waals surface area (Å²) >= 11 is 1.13. The normalized spacial score (nSPS) is 18.8. The molecule has 28 heavy (non-hydrogen) atoms. The van der Waals surface area contributed by atoms with Crippen molar-refractivity contribution in [2.75, 3.05) is 11.9 Å². The van der Waals surface area contributed by atoms with Gasteiger partial charge in [0.05, 0.1) is 12.1 Å². The summed E-state index contributed by atoms with van der Waals surface area (Å²) in [5.41, 5.74) is 5.03.